The van der Waals surface area contributed by atoms with Crippen LogP contribution in [0, 0.1) is 5.92 Å². The molecule has 1 fully saturated rings. The minimum atomic E-state index is -0.614. The Bertz CT molecular complexity index is 1300. The van der Waals surface area contributed by atoms with E-state index in [1.807, 2.05) is 37.4 Å². The predicted molar refractivity (Wildman–Crippen MR) is 196 cm³/mol. The number of amides is 2. The van der Waals surface area contributed by atoms with Crippen molar-refractivity contribution in [1.29, 1.82) is 0 Å². The Labute approximate surface area is 287 Å². The molecule has 1 saturated heterocycles. The van der Waals surface area contributed by atoms with Crippen LogP contribution in [-0.4, -0.2) is 59.0 Å². The molecule has 0 aliphatic carbocycles. The summed E-state index contributed by atoms with van der Waals surface area (Å²) >= 11 is 1.91. The summed E-state index contributed by atoms with van der Waals surface area (Å²) in [6.45, 7) is 15.2. The number of likely N-dealkylation sites (tertiary alicyclic amines) is 1. The molecule has 254 valence electrons. The zero-order valence-corrected chi connectivity index (χ0v) is 30.2. The molecule has 4 rings (SSSR count). The third-order valence-electron chi connectivity index (χ3n) is 9.07. The van der Waals surface area contributed by atoms with E-state index in [9.17, 15) is 9.59 Å². The van der Waals surface area contributed by atoms with Crippen LogP contribution >= 0.6 is 11.8 Å². The van der Waals surface area contributed by atoms with Crippen LogP contribution in [0.3, 0.4) is 0 Å². The van der Waals surface area contributed by atoms with Crippen LogP contribution < -0.4 is 10.6 Å². The average molecular weight is 658 g/mol. The number of hydrogen-bond acceptors (Lipinski definition) is 5. The lowest BCUT2D eigenvalue weighted by molar-refractivity contribution is -0.125. The van der Waals surface area contributed by atoms with Gasteiger partial charge in [0.15, 0.2) is 0 Å². The van der Waals surface area contributed by atoms with Gasteiger partial charge < -0.3 is 20.3 Å². The number of thioether (sulfide) groups is 1. The molecule has 0 bridgehead atoms. The van der Waals surface area contributed by atoms with Gasteiger partial charge in [0, 0.05) is 30.4 Å². The SMILES string of the molecule is CCCC(C)NC(=O)[C@@H](NC[C@H]1C[C@@H](SC(c2ccccc2)(c2ccccc2)c2ccccc2)CN1C(=O)OC(C)(C)C)[C@@H](C)CC. The number of nitrogens with zero attached hydrogens (tertiary/aromatic N) is 1. The Morgan fingerprint density at radius 1 is 0.872 bits per heavy atom. The van der Waals surface area contributed by atoms with E-state index < -0.39 is 10.3 Å². The van der Waals surface area contributed by atoms with Gasteiger partial charge in [-0.1, -0.05) is 125 Å². The van der Waals surface area contributed by atoms with Gasteiger partial charge >= 0.3 is 6.09 Å². The molecule has 0 spiro atoms. The molecule has 47 heavy (non-hydrogen) atoms. The van der Waals surface area contributed by atoms with Crippen LogP contribution in [0.5, 0.6) is 0 Å². The Kier molecular flexibility index (Phi) is 13.0. The van der Waals surface area contributed by atoms with Crippen molar-refractivity contribution >= 4 is 23.8 Å². The minimum absolute atomic E-state index is 0.0317. The van der Waals surface area contributed by atoms with Gasteiger partial charge in [-0.15, -0.1) is 11.8 Å². The largest absolute Gasteiger partial charge is 0.444 e. The topological polar surface area (TPSA) is 70.7 Å². The molecular weight excluding hydrogens is 603 g/mol. The summed E-state index contributed by atoms with van der Waals surface area (Å²) in [5.74, 6) is 0.177. The van der Waals surface area contributed by atoms with Gasteiger partial charge in [-0.05, 0) is 63.1 Å². The Morgan fingerprint density at radius 3 is 1.83 bits per heavy atom. The van der Waals surface area contributed by atoms with Crippen LogP contribution in [0.25, 0.3) is 0 Å². The summed E-state index contributed by atoms with van der Waals surface area (Å²) in [5.41, 5.74) is 2.98. The van der Waals surface area contributed by atoms with Gasteiger partial charge in [0.05, 0.1) is 10.8 Å². The Balaban J connectivity index is 1.68. The number of ether oxygens (including phenoxy) is 1. The summed E-state index contributed by atoms with van der Waals surface area (Å²) in [6.07, 6.45) is 3.30. The second-order valence-electron chi connectivity index (χ2n) is 14.0. The summed E-state index contributed by atoms with van der Waals surface area (Å²) in [7, 11) is 0. The monoisotopic (exact) mass is 657 g/mol. The maximum absolute atomic E-state index is 13.8. The molecule has 0 radical (unpaired) electrons. The van der Waals surface area contributed by atoms with Gasteiger partial charge in [0.1, 0.15) is 5.60 Å². The summed E-state index contributed by atoms with van der Waals surface area (Å²) in [4.78, 5) is 29.1. The molecule has 2 amide bonds. The highest BCUT2D eigenvalue weighted by Crippen LogP contribution is 2.52. The first-order valence-electron chi connectivity index (χ1n) is 17.4. The number of carbonyl (C=O) groups is 2. The second kappa shape index (κ2) is 16.7. The average Bonchev–Trinajstić information content (AvgIpc) is 3.46. The Morgan fingerprint density at radius 2 is 1.38 bits per heavy atom. The van der Waals surface area contributed by atoms with Crippen molar-refractivity contribution < 1.29 is 14.3 Å². The van der Waals surface area contributed by atoms with Gasteiger partial charge in [0.2, 0.25) is 5.91 Å². The lowest BCUT2D eigenvalue weighted by Gasteiger charge is -2.37. The molecule has 1 aliphatic heterocycles. The molecule has 0 saturated carbocycles. The highest BCUT2D eigenvalue weighted by molar-refractivity contribution is 8.01. The van der Waals surface area contributed by atoms with Crippen LogP contribution in [0.4, 0.5) is 4.79 Å². The molecule has 6 nitrogen and oxygen atoms in total. The molecule has 5 atom stereocenters. The van der Waals surface area contributed by atoms with Crippen LogP contribution in [0.1, 0.15) is 90.8 Å². The second-order valence-corrected chi connectivity index (χ2v) is 15.5. The lowest BCUT2D eigenvalue weighted by atomic mass is 9.84. The number of carbonyl (C=O) groups excluding carboxylic acids is 2. The van der Waals surface area contributed by atoms with Gasteiger partial charge in [-0.25, -0.2) is 4.79 Å². The van der Waals surface area contributed by atoms with Gasteiger partial charge in [-0.2, -0.15) is 0 Å². The Hall–Kier alpha value is -3.29. The van der Waals surface area contributed by atoms with Crippen molar-refractivity contribution in [3.63, 3.8) is 0 Å². The number of nitrogens with one attached hydrogen (secondary N) is 2. The first kappa shape index (κ1) is 36.5. The molecule has 3 aromatic rings. The van der Waals surface area contributed by atoms with Crippen molar-refractivity contribution in [3.05, 3.63) is 108 Å². The quantitative estimate of drug-likeness (QED) is 0.171. The lowest BCUT2D eigenvalue weighted by Crippen LogP contribution is -2.53. The standard InChI is InChI=1S/C40H55N3O3S/c1-8-19-30(4)42-37(44)36(29(3)9-2)41-27-34-26-35(28-43(34)38(45)46-39(5,6)7)47-40(31-20-13-10-14-21-31,32-22-15-11-16-23-32)33-24-17-12-18-25-33/h10-18,20-25,29-30,34-36,41H,8-9,19,26-28H2,1-7H3,(H,42,44)/t29-,30?,34+,35+,36-/m0/s1. The summed E-state index contributed by atoms with van der Waals surface area (Å²) < 4.78 is 5.46. The van der Waals surface area contributed by atoms with E-state index >= 15 is 0 Å². The van der Waals surface area contributed by atoms with Crippen molar-refractivity contribution in [2.75, 3.05) is 13.1 Å². The molecule has 1 aliphatic rings. The summed E-state index contributed by atoms with van der Waals surface area (Å²) in [5, 5.41) is 6.94. The van der Waals surface area contributed by atoms with E-state index in [0.717, 1.165) is 25.7 Å². The minimum Gasteiger partial charge on any atom is -0.444 e. The third kappa shape index (κ3) is 9.41. The van der Waals surface area contributed by atoms with E-state index in [-0.39, 0.29) is 41.3 Å². The predicted octanol–water partition coefficient (Wildman–Crippen LogP) is 8.40. The van der Waals surface area contributed by atoms with Crippen molar-refractivity contribution in [3.8, 4) is 0 Å². The third-order valence-corrected chi connectivity index (χ3v) is 10.8. The normalized spacial score (nSPS) is 18.7. The van der Waals surface area contributed by atoms with Crippen molar-refractivity contribution in [2.45, 2.75) is 108 Å². The fraction of sp³-hybridized carbons (Fsp3) is 0.500. The summed E-state index contributed by atoms with van der Waals surface area (Å²) in [6, 6.07) is 31.7. The molecule has 3 aromatic carbocycles. The number of benzene rings is 3. The maximum Gasteiger partial charge on any atom is 0.410 e. The van der Waals surface area contributed by atoms with Crippen LogP contribution in [0.15, 0.2) is 91.0 Å². The number of rotatable bonds is 14. The smallest absolute Gasteiger partial charge is 0.410 e. The zero-order chi connectivity index (χ0) is 34.0. The van der Waals surface area contributed by atoms with E-state index in [4.69, 9.17) is 4.74 Å². The first-order chi connectivity index (χ1) is 22.5. The van der Waals surface area contributed by atoms with Crippen molar-refractivity contribution in [2.24, 2.45) is 5.92 Å². The van der Waals surface area contributed by atoms with E-state index in [0.29, 0.717) is 13.1 Å². The molecular formula is C40H55N3O3S. The highest BCUT2D eigenvalue weighted by Gasteiger charge is 2.45. The molecule has 2 N–H and O–H groups in total. The fourth-order valence-corrected chi connectivity index (χ4v) is 8.43. The molecule has 1 unspecified atom stereocenters. The maximum atomic E-state index is 13.8. The number of hydrogen-bond donors (Lipinski definition) is 2. The van der Waals surface area contributed by atoms with E-state index in [1.54, 1.807) is 0 Å². The van der Waals surface area contributed by atoms with Crippen molar-refractivity contribution in [1.82, 2.24) is 15.5 Å². The van der Waals surface area contributed by atoms with Gasteiger partial charge in [0.25, 0.3) is 0 Å². The van der Waals surface area contributed by atoms with E-state index in [2.05, 4.69) is 129 Å². The van der Waals surface area contributed by atoms with E-state index in [1.165, 1.54) is 16.7 Å². The van der Waals surface area contributed by atoms with Crippen LogP contribution in [0.2, 0.25) is 0 Å². The first-order valence-corrected chi connectivity index (χ1v) is 18.2. The van der Waals surface area contributed by atoms with Gasteiger partial charge in [-0.3, -0.25) is 4.79 Å². The molecule has 0 aromatic heterocycles. The fourth-order valence-electron chi connectivity index (χ4n) is 6.56. The highest BCUT2D eigenvalue weighted by atomic mass is 32.2. The molecule has 1 heterocycles. The molecule has 7 heteroatoms. The van der Waals surface area contributed by atoms with Crippen LogP contribution in [-0.2, 0) is 14.3 Å². The zero-order valence-electron chi connectivity index (χ0n) is 29.4.